The molecule has 1 aliphatic carbocycles. The average molecular weight is 345 g/mol. The minimum Gasteiger partial charge on any atom is -0.286 e. The van der Waals surface area contributed by atoms with Crippen LogP contribution in [0.1, 0.15) is 56.9 Å². The first-order chi connectivity index (χ1) is 10.4. The Morgan fingerprint density at radius 3 is 2.27 bits per heavy atom. The lowest BCUT2D eigenvalue weighted by atomic mass is 9.67. The maximum atomic E-state index is 10.8. The molecule has 5 heteroatoms. The fraction of sp³-hybridized carbons (Fsp3) is 0.647. The van der Waals surface area contributed by atoms with E-state index in [4.69, 9.17) is 16.2 Å². The molecule has 0 aromatic heterocycles. The predicted molar refractivity (Wildman–Crippen MR) is 90.9 cm³/mol. The third-order valence-electron chi connectivity index (χ3n) is 4.77. The van der Waals surface area contributed by atoms with E-state index >= 15 is 0 Å². The van der Waals surface area contributed by atoms with Gasteiger partial charge in [0.15, 0.2) is 0 Å². The number of hydrogen-bond donors (Lipinski definition) is 1. The summed E-state index contributed by atoms with van der Waals surface area (Å²) in [4.78, 5) is 0. The van der Waals surface area contributed by atoms with Gasteiger partial charge in [0.05, 0.1) is 5.75 Å². The standard InChI is InChI=1S/C17H25ClO3S/c18-16-8-6-15(7-9-16)14-17(10-2-1-3-11-17)12-4-5-13-22(19,20)21/h6-9H,1-5,10-14H2,(H,19,20,21). The molecular weight excluding hydrogens is 320 g/mol. The van der Waals surface area contributed by atoms with E-state index < -0.39 is 10.1 Å². The fourth-order valence-corrected chi connectivity index (χ4v) is 4.33. The van der Waals surface area contributed by atoms with Crippen molar-refractivity contribution >= 4 is 21.7 Å². The van der Waals surface area contributed by atoms with Crippen LogP contribution in [0.4, 0.5) is 0 Å². The molecule has 0 radical (unpaired) electrons. The number of hydrogen-bond acceptors (Lipinski definition) is 2. The fourth-order valence-electron chi connectivity index (χ4n) is 3.64. The van der Waals surface area contributed by atoms with E-state index in [1.54, 1.807) is 0 Å². The first-order valence-corrected chi connectivity index (χ1v) is 10.1. The van der Waals surface area contributed by atoms with Gasteiger partial charge in [-0.1, -0.05) is 49.4 Å². The lowest BCUT2D eigenvalue weighted by Crippen LogP contribution is -2.27. The van der Waals surface area contributed by atoms with Crippen molar-refractivity contribution in [3.05, 3.63) is 34.9 Å². The van der Waals surface area contributed by atoms with Gasteiger partial charge >= 0.3 is 0 Å². The second kappa shape index (κ2) is 7.80. The van der Waals surface area contributed by atoms with Crippen LogP contribution >= 0.6 is 11.6 Å². The van der Waals surface area contributed by atoms with Gasteiger partial charge in [-0.2, -0.15) is 8.42 Å². The van der Waals surface area contributed by atoms with Gasteiger partial charge in [-0.15, -0.1) is 0 Å². The number of halogens is 1. The topological polar surface area (TPSA) is 54.4 Å². The van der Waals surface area contributed by atoms with Gasteiger partial charge in [0.2, 0.25) is 0 Å². The monoisotopic (exact) mass is 344 g/mol. The zero-order chi connectivity index (χ0) is 16.1. The molecule has 0 aliphatic heterocycles. The van der Waals surface area contributed by atoms with E-state index in [1.807, 2.05) is 12.1 Å². The Kier molecular flexibility index (Phi) is 6.30. The van der Waals surface area contributed by atoms with Crippen LogP contribution in [-0.2, 0) is 16.5 Å². The van der Waals surface area contributed by atoms with Crippen molar-refractivity contribution in [2.24, 2.45) is 5.41 Å². The molecular formula is C17H25ClO3S. The third kappa shape index (κ3) is 5.90. The van der Waals surface area contributed by atoms with Crippen molar-refractivity contribution in [1.82, 2.24) is 0 Å². The summed E-state index contributed by atoms with van der Waals surface area (Å²) in [5.74, 6) is -0.121. The SMILES string of the molecule is O=S(=O)(O)CCCCC1(Cc2ccc(Cl)cc2)CCCCC1. The average Bonchev–Trinajstić information content (AvgIpc) is 2.46. The van der Waals surface area contributed by atoms with Crippen molar-refractivity contribution in [2.75, 3.05) is 5.75 Å². The van der Waals surface area contributed by atoms with Crippen molar-refractivity contribution in [1.29, 1.82) is 0 Å². The third-order valence-corrected chi connectivity index (χ3v) is 5.82. The van der Waals surface area contributed by atoms with Gasteiger partial charge in [-0.05, 0) is 55.2 Å². The Morgan fingerprint density at radius 2 is 1.68 bits per heavy atom. The smallest absolute Gasteiger partial charge is 0.264 e. The van der Waals surface area contributed by atoms with Crippen molar-refractivity contribution in [3.63, 3.8) is 0 Å². The molecule has 1 fully saturated rings. The highest BCUT2D eigenvalue weighted by atomic mass is 35.5. The Bertz CT molecular complexity index is 560. The summed E-state index contributed by atoms with van der Waals surface area (Å²) in [6, 6.07) is 8.06. The van der Waals surface area contributed by atoms with Gasteiger partial charge in [0.25, 0.3) is 10.1 Å². The van der Waals surface area contributed by atoms with Crippen LogP contribution < -0.4 is 0 Å². The highest BCUT2D eigenvalue weighted by Gasteiger charge is 2.31. The highest BCUT2D eigenvalue weighted by molar-refractivity contribution is 7.85. The molecule has 1 N–H and O–H groups in total. The normalized spacial score (nSPS) is 18.3. The van der Waals surface area contributed by atoms with Crippen LogP contribution in [0, 0.1) is 5.41 Å². The van der Waals surface area contributed by atoms with E-state index in [-0.39, 0.29) is 11.2 Å². The maximum absolute atomic E-state index is 10.8. The maximum Gasteiger partial charge on any atom is 0.264 e. The number of rotatable bonds is 7. The Morgan fingerprint density at radius 1 is 1.05 bits per heavy atom. The second-order valence-corrected chi connectivity index (χ2v) is 8.62. The van der Waals surface area contributed by atoms with E-state index in [0.717, 1.165) is 24.3 Å². The van der Waals surface area contributed by atoms with Crippen LogP contribution in [0.25, 0.3) is 0 Å². The summed E-state index contributed by atoms with van der Waals surface area (Å²) in [6.45, 7) is 0. The molecule has 0 saturated heterocycles. The molecule has 1 saturated carbocycles. The van der Waals surface area contributed by atoms with E-state index in [9.17, 15) is 8.42 Å². The van der Waals surface area contributed by atoms with E-state index in [1.165, 1.54) is 37.7 Å². The summed E-state index contributed by atoms with van der Waals surface area (Å²) in [5, 5.41) is 0.759. The lowest BCUT2D eigenvalue weighted by Gasteiger charge is -2.38. The summed E-state index contributed by atoms with van der Waals surface area (Å²) in [6.07, 6.45) is 9.70. The molecule has 0 spiro atoms. The van der Waals surface area contributed by atoms with Gasteiger partial charge in [0.1, 0.15) is 0 Å². The Balaban J connectivity index is 1.96. The zero-order valence-corrected chi connectivity index (χ0v) is 14.5. The molecule has 124 valence electrons. The van der Waals surface area contributed by atoms with Crippen molar-refractivity contribution in [2.45, 2.75) is 57.8 Å². The van der Waals surface area contributed by atoms with Crippen LogP contribution in [0.3, 0.4) is 0 Å². The Labute approximate surface area is 138 Å². The minimum absolute atomic E-state index is 0.121. The van der Waals surface area contributed by atoms with Crippen LogP contribution in [-0.4, -0.2) is 18.7 Å². The van der Waals surface area contributed by atoms with E-state index in [2.05, 4.69) is 12.1 Å². The van der Waals surface area contributed by atoms with Gasteiger partial charge in [-0.25, -0.2) is 0 Å². The molecule has 0 atom stereocenters. The number of benzene rings is 1. The molecule has 1 aliphatic rings. The molecule has 0 unspecified atom stereocenters. The molecule has 0 bridgehead atoms. The van der Waals surface area contributed by atoms with E-state index in [0.29, 0.717) is 6.42 Å². The van der Waals surface area contributed by atoms with Crippen molar-refractivity contribution in [3.8, 4) is 0 Å². The minimum atomic E-state index is -3.83. The molecule has 22 heavy (non-hydrogen) atoms. The molecule has 1 aromatic rings. The van der Waals surface area contributed by atoms with Crippen LogP contribution in [0.2, 0.25) is 5.02 Å². The highest BCUT2D eigenvalue weighted by Crippen LogP contribution is 2.43. The largest absolute Gasteiger partial charge is 0.286 e. The van der Waals surface area contributed by atoms with Gasteiger partial charge < -0.3 is 0 Å². The number of unbranched alkanes of at least 4 members (excludes halogenated alkanes) is 1. The second-order valence-electron chi connectivity index (χ2n) is 6.61. The van der Waals surface area contributed by atoms with Gasteiger partial charge in [0, 0.05) is 5.02 Å². The predicted octanol–water partition coefficient (Wildman–Crippen LogP) is 4.89. The first kappa shape index (κ1) is 17.8. The summed E-state index contributed by atoms with van der Waals surface area (Å²) in [7, 11) is -3.83. The quantitative estimate of drug-likeness (QED) is 0.566. The van der Waals surface area contributed by atoms with Crippen molar-refractivity contribution < 1.29 is 13.0 Å². The summed E-state index contributed by atoms with van der Waals surface area (Å²) < 4.78 is 30.5. The first-order valence-electron chi connectivity index (χ1n) is 8.08. The van der Waals surface area contributed by atoms with Gasteiger partial charge in [-0.3, -0.25) is 4.55 Å². The molecule has 2 rings (SSSR count). The summed E-state index contributed by atoms with van der Waals surface area (Å²) >= 11 is 5.95. The summed E-state index contributed by atoms with van der Waals surface area (Å²) in [5.41, 5.74) is 1.59. The van der Waals surface area contributed by atoms with Crippen LogP contribution in [0.5, 0.6) is 0 Å². The Hall–Kier alpha value is -0.580. The zero-order valence-electron chi connectivity index (χ0n) is 12.9. The molecule has 3 nitrogen and oxygen atoms in total. The molecule has 1 aromatic carbocycles. The molecule has 0 amide bonds. The molecule has 0 heterocycles. The lowest BCUT2D eigenvalue weighted by molar-refractivity contribution is 0.166. The van der Waals surface area contributed by atoms with Crippen LogP contribution in [0.15, 0.2) is 24.3 Å².